The van der Waals surface area contributed by atoms with Crippen LogP contribution in [0.15, 0.2) is 29.3 Å². The van der Waals surface area contributed by atoms with Crippen molar-refractivity contribution in [3.05, 3.63) is 34.9 Å². The van der Waals surface area contributed by atoms with Crippen LogP contribution in [0.5, 0.6) is 0 Å². The first-order valence-electron chi connectivity index (χ1n) is 7.42. The molecule has 1 heterocycles. The molecule has 0 spiro atoms. The first kappa shape index (κ1) is 15.7. The van der Waals surface area contributed by atoms with E-state index in [1.54, 1.807) is 0 Å². The molecule has 110 valence electrons. The number of aliphatic imine (C=N–C) groups is 1. The first-order valence-corrected chi connectivity index (χ1v) is 8.68. The summed E-state index contributed by atoms with van der Waals surface area (Å²) in [6.07, 6.45) is 3.51. The third kappa shape index (κ3) is 4.42. The number of nitrogens with zero attached hydrogens (tertiary/aromatic N) is 1. The minimum atomic E-state index is 0.669. The van der Waals surface area contributed by atoms with Crippen molar-refractivity contribution >= 4 is 28.5 Å². The summed E-state index contributed by atoms with van der Waals surface area (Å²) >= 11 is 7.81. The van der Waals surface area contributed by atoms with E-state index in [0.717, 1.165) is 35.6 Å². The van der Waals surface area contributed by atoms with Crippen LogP contribution in [-0.4, -0.2) is 23.5 Å². The Balaban J connectivity index is 1.72. The van der Waals surface area contributed by atoms with E-state index >= 15 is 0 Å². The highest BCUT2D eigenvalue weighted by Crippen LogP contribution is 2.30. The molecule has 2 nitrogen and oxygen atoms in total. The third-order valence-electron chi connectivity index (χ3n) is 3.86. The van der Waals surface area contributed by atoms with Gasteiger partial charge in [-0.25, -0.2) is 0 Å². The largest absolute Gasteiger partial charge is 0.365 e. The number of hydrogen-bond acceptors (Lipinski definition) is 3. The molecule has 4 heteroatoms. The van der Waals surface area contributed by atoms with Gasteiger partial charge in [0.25, 0.3) is 0 Å². The van der Waals surface area contributed by atoms with Crippen LogP contribution in [0.1, 0.15) is 32.3 Å². The second kappa shape index (κ2) is 7.94. The predicted molar refractivity (Wildman–Crippen MR) is 90.9 cm³/mol. The fourth-order valence-corrected chi connectivity index (χ4v) is 3.99. The number of hydrogen-bond donors (Lipinski definition) is 1. The van der Waals surface area contributed by atoms with Gasteiger partial charge < -0.3 is 5.32 Å². The fraction of sp³-hybridized carbons (Fsp3) is 0.562. The lowest BCUT2D eigenvalue weighted by molar-refractivity contribution is 0.479. The molecule has 1 aromatic carbocycles. The van der Waals surface area contributed by atoms with Crippen LogP contribution in [0.3, 0.4) is 0 Å². The monoisotopic (exact) mass is 310 g/mol. The number of rotatable bonds is 6. The van der Waals surface area contributed by atoms with E-state index in [2.05, 4.69) is 36.3 Å². The van der Waals surface area contributed by atoms with Crippen molar-refractivity contribution in [2.24, 2.45) is 10.9 Å². The normalized spacial score (nSPS) is 18.4. The Hall–Kier alpha value is -0.670. The summed E-state index contributed by atoms with van der Waals surface area (Å²) in [5, 5.41) is 6.05. The van der Waals surface area contributed by atoms with Gasteiger partial charge in [0.2, 0.25) is 0 Å². The summed E-state index contributed by atoms with van der Waals surface area (Å²) in [7, 11) is 0. The number of benzene rings is 1. The lowest BCUT2D eigenvalue weighted by Gasteiger charge is -2.18. The minimum Gasteiger partial charge on any atom is -0.365 e. The van der Waals surface area contributed by atoms with Crippen LogP contribution in [0, 0.1) is 5.92 Å². The summed E-state index contributed by atoms with van der Waals surface area (Å²) in [6.45, 7) is 6.46. The summed E-state index contributed by atoms with van der Waals surface area (Å²) in [6, 6.07) is 8.06. The minimum absolute atomic E-state index is 0.669. The zero-order valence-corrected chi connectivity index (χ0v) is 13.8. The van der Waals surface area contributed by atoms with Crippen LogP contribution >= 0.6 is 23.4 Å². The van der Waals surface area contributed by atoms with E-state index in [1.807, 2.05) is 23.9 Å². The van der Waals surface area contributed by atoms with Crippen molar-refractivity contribution in [3.63, 3.8) is 0 Å². The zero-order chi connectivity index (χ0) is 14.4. The molecule has 1 aromatic rings. The molecule has 1 aliphatic rings. The third-order valence-corrected chi connectivity index (χ3v) is 5.44. The van der Waals surface area contributed by atoms with E-state index < -0.39 is 0 Å². The average molecular weight is 311 g/mol. The molecule has 0 saturated heterocycles. The molecule has 1 atom stereocenters. The van der Waals surface area contributed by atoms with Gasteiger partial charge in [0.15, 0.2) is 5.17 Å². The van der Waals surface area contributed by atoms with Gasteiger partial charge in [0, 0.05) is 16.8 Å². The molecule has 0 amide bonds. The van der Waals surface area contributed by atoms with E-state index in [1.165, 1.54) is 18.4 Å². The highest BCUT2D eigenvalue weighted by atomic mass is 35.5. The van der Waals surface area contributed by atoms with E-state index in [0.29, 0.717) is 5.25 Å². The molecule has 0 aliphatic carbocycles. The van der Waals surface area contributed by atoms with E-state index in [4.69, 9.17) is 11.6 Å². The van der Waals surface area contributed by atoms with Gasteiger partial charge in [-0.1, -0.05) is 62.2 Å². The Morgan fingerprint density at radius 1 is 1.30 bits per heavy atom. The molecule has 2 rings (SSSR count). The highest BCUT2D eigenvalue weighted by molar-refractivity contribution is 8.14. The maximum Gasteiger partial charge on any atom is 0.156 e. The number of halogens is 1. The maximum atomic E-state index is 5.88. The molecule has 0 bridgehead atoms. The lowest BCUT2D eigenvalue weighted by atomic mass is 9.99. The zero-order valence-electron chi connectivity index (χ0n) is 12.2. The van der Waals surface area contributed by atoms with E-state index in [-0.39, 0.29) is 0 Å². The molecule has 1 aliphatic heterocycles. The fourth-order valence-electron chi connectivity index (χ4n) is 2.51. The van der Waals surface area contributed by atoms with Crippen molar-refractivity contribution < 1.29 is 0 Å². The van der Waals surface area contributed by atoms with Gasteiger partial charge in [-0.3, -0.25) is 4.99 Å². The van der Waals surface area contributed by atoms with Crippen molar-refractivity contribution in [1.29, 1.82) is 0 Å². The van der Waals surface area contributed by atoms with Gasteiger partial charge in [-0.2, -0.15) is 0 Å². The van der Waals surface area contributed by atoms with Gasteiger partial charge in [0.05, 0.1) is 6.54 Å². The van der Waals surface area contributed by atoms with Gasteiger partial charge in [0.1, 0.15) is 0 Å². The quantitative estimate of drug-likeness (QED) is 0.843. The molecule has 0 fully saturated rings. The Labute approximate surface area is 131 Å². The summed E-state index contributed by atoms with van der Waals surface area (Å²) in [4.78, 5) is 4.63. The van der Waals surface area contributed by atoms with Crippen molar-refractivity contribution in [1.82, 2.24) is 5.32 Å². The molecule has 1 unspecified atom stereocenters. The topological polar surface area (TPSA) is 24.4 Å². The van der Waals surface area contributed by atoms with Crippen LogP contribution < -0.4 is 5.32 Å². The van der Waals surface area contributed by atoms with Crippen LogP contribution in [0.2, 0.25) is 5.02 Å². The Morgan fingerprint density at radius 2 is 2.00 bits per heavy atom. The number of amidine groups is 1. The smallest absolute Gasteiger partial charge is 0.156 e. The average Bonchev–Trinajstić information content (AvgIpc) is 2.91. The molecular formula is C16H23ClN2S. The molecule has 0 saturated carbocycles. The highest BCUT2D eigenvalue weighted by Gasteiger charge is 2.25. The lowest BCUT2D eigenvalue weighted by Crippen LogP contribution is -2.23. The molecule has 20 heavy (non-hydrogen) atoms. The van der Waals surface area contributed by atoms with E-state index in [9.17, 15) is 0 Å². The van der Waals surface area contributed by atoms with Crippen molar-refractivity contribution in [3.8, 4) is 0 Å². The first-order chi connectivity index (χ1) is 9.72. The second-order valence-electron chi connectivity index (χ2n) is 5.18. The summed E-state index contributed by atoms with van der Waals surface area (Å²) in [5.41, 5.74) is 1.31. The Kier molecular flexibility index (Phi) is 6.24. The molecule has 1 N–H and O–H groups in total. The van der Waals surface area contributed by atoms with Gasteiger partial charge in [-0.05, 0) is 30.0 Å². The Bertz CT molecular complexity index is 440. The number of nitrogens with one attached hydrogen (secondary N) is 1. The summed E-state index contributed by atoms with van der Waals surface area (Å²) in [5.74, 6) is 0.791. The molecule has 0 aromatic heterocycles. The van der Waals surface area contributed by atoms with Gasteiger partial charge in [-0.15, -0.1) is 0 Å². The van der Waals surface area contributed by atoms with Crippen LogP contribution in [0.4, 0.5) is 0 Å². The molecular weight excluding hydrogens is 288 g/mol. The maximum absolute atomic E-state index is 5.88. The second-order valence-corrected chi connectivity index (χ2v) is 6.85. The van der Waals surface area contributed by atoms with Crippen LogP contribution in [-0.2, 0) is 6.42 Å². The van der Waals surface area contributed by atoms with Crippen LogP contribution in [0.25, 0.3) is 0 Å². The Morgan fingerprint density at radius 3 is 2.65 bits per heavy atom. The predicted octanol–water partition coefficient (Wildman–Crippen LogP) is 4.38. The SMILES string of the molecule is CCC(CC)C1CN=C(NCCc2ccc(Cl)cc2)S1. The number of thioether (sulfide) groups is 1. The van der Waals surface area contributed by atoms with Crippen molar-refractivity contribution in [2.75, 3.05) is 13.1 Å². The standard InChI is InChI=1S/C16H23ClN2S/c1-3-13(4-2)15-11-19-16(20-15)18-10-9-12-5-7-14(17)8-6-12/h5-8,13,15H,3-4,9-11H2,1-2H3,(H,18,19). The van der Waals surface area contributed by atoms with Gasteiger partial charge >= 0.3 is 0 Å². The summed E-state index contributed by atoms with van der Waals surface area (Å²) < 4.78 is 0. The molecule has 0 radical (unpaired) electrons. The van der Waals surface area contributed by atoms with Crippen molar-refractivity contribution in [2.45, 2.75) is 38.4 Å².